The molecule has 3 nitrogen and oxygen atoms in total. The van der Waals surface area contributed by atoms with Crippen LogP contribution in [-0.2, 0) is 0 Å². The average Bonchev–Trinajstić information content (AvgIpc) is 2.17. The summed E-state index contributed by atoms with van der Waals surface area (Å²) in [5.74, 6) is -0.0781. The third kappa shape index (κ3) is 2.37. The van der Waals surface area contributed by atoms with Gasteiger partial charge in [-0.2, -0.15) is 5.06 Å². The first-order valence-corrected chi connectivity index (χ1v) is 4.14. The summed E-state index contributed by atoms with van der Waals surface area (Å²) in [6.45, 7) is 1.66. The van der Waals surface area contributed by atoms with E-state index in [0.717, 1.165) is 5.06 Å². The van der Waals surface area contributed by atoms with Crippen LogP contribution in [0.3, 0.4) is 0 Å². The number of likely N-dealkylation sites (N-methyl/N-ethyl adjacent to an activating group) is 1. The second-order valence-electron chi connectivity index (χ2n) is 2.98. The Morgan fingerprint density at radius 1 is 1.38 bits per heavy atom. The number of hydrogen-bond donors (Lipinski definition) is 1. The number of benzene rings is 1. The van der Waals surface area contributed by atoms with E-state index < -0.39 is 6.04 Å². The van der Waals surface area contributed by atoms with Crippen LogP contribution < -0.4 is 0 Å². The molecule has 0 spiro atoms. The minimum atomic E-state index is -0.498. The lowest BCUT2D eigenvalue weighted by Gasteiger charge is -2.16. The van der Waals surface area contributed by atoms with Gasteiger partial charge in [0.25, 0.3) is 0 Å². The first-order chi connectivity index (χ1) is 6.13. The lowest BCUT2D eigenvalue weighted by atomic mass is 10.1. The SMILES string of the molecule is CC(C(=O)c1ccccc1)N(C)O. The van der Waals surface area contributed by atoms with Gasteiger partial charge < -0.3 is 5.21 Å². The van der Waals surface area contributed by atoms with Gasteiger partial charge in [0.05, 0.1) is 6.04 Å². The van der Waals surface area contributed by atoms with Gasteiger partial charge in [-0.05, 0) is 6.92 Å². The van der Waals surface area contributed by atoms with Gasteiger partial charge in [0.2, 0.25) is 0 Å². The van der Waals surface area contributed by atoms with Crippen molar-refractivity contribution in [2.24, 2.45) is 0 Å². The summed E-state index contributed by atoms with van der Waals surface area (Å²) in [4.78, 5) is 11.6. The Bertz CT molecular complexity index is 282. The molecule has 0 fully saturated rings. The zero-order valence-corrected chi connectivity index (χ0v) is 7.77. The van der Waals surface area contributed by atoms with E-state index in [4.69, 9.17) is 5.21 Å². The van der Waals surface area contributed by atoms with E-state index in [-0.39, 0.29) is 5.78 Å². The highest BCUT2D eigenvalue weighted by Crippen LogP contribution is 2.05. The summed E-state index contributed by atoms with van der Waals surface area (Å²) in [7, 11) is 1.46. The third-order valence-electron chi connectivity index (χ3n) is 2.00. The average molecular weight is 179 g/mol. The predicted octanol–water partition coefficient (Wildman–Crippen LogP) is 1.58. The Hall–Kier alpha value is -1.19. The number of hydrogen-bond acceptors (Lipinski definition) is 3. The van der Waals surface area contributed by atoms with Crippen LogP contribution in [0.5, 0.6) is 0 Å². The van der Waals surface area contributed by atoms with Crippen LogP contribution in [0.25, 0.3) is 0 Å². The normalized spacial score (nSPS) is 12.9. The number of carbonyl (C=O) groups is 1. The molecule has 0 bridgehead atoms. The molecule has 0 heterocycles. The largest absolute Gasteiger partial charge is 0.314 e. The maximum Gasteiger partial charge on any atom is 0.182 e. The standard InChI is InChI=1S/C10H13NO2/c1-8(11(2)13)10(12)9-6-4-3-5-7-9/h3-8,13H,1-2H3. The molecule has 0 aliphatic heterocycles. The summed E-state index contributed by atoms with van der Waals surface area (Å²) in [6.07, 6.45) is 0. The van der Waals surface area contributed by atoms with Crippen molar-refractivity contribution in [3.63, 3.8) is 0 Å². The van der Waals surface area contributed by atoms with Crippen LogP contribution >= 0.6 is 0 Å². The van der Waals surface area contributed by atoms with Crippen molar-refractivity contribution >= 4 is 5.78 Å². The number of Topliss-reactive ketones (excluding diaryl/α,β-unsaturated/α-hetero) is 1. The molecule has 1 rings (SSSR count). The second-order valence-corrected chi connectivity index (χ2v) is 2.98. The van der Waals surface area contributed by atoms with E-state index in [2.05, 4.69) is 0 Å². The molecular formula is C10H13NO2. The zero-order valence-electron chi connectivity index (χ0n) is 7.77. The molecule has 1 aromatic rings. The van der Waals surface area contributed by atoms with Gasteiger partial charge in [-0.3, -0.25) is 4.79 Å². The molecule has 0 saturated heterocycles. The van der Waals surface area contributed by atoms with Crippen molar-refractivity contribution in [3.05, 3.63) is 35.9 Å². The molecule has 0 aromatic heterocycles. The zero-order chi connectivity index (χ0) is 9.84. The summed E-state index contributed by atoms with van der Waals surface area (Å²) >= 11 is 0. The molecule has 1 aromatic carbocycles. The third-order valence-corrected chi connectivity index (χ3v) is 2.00. The maximum atomic E-state index is 11.6. The van der Waals surface area contributed by atoms with Gasteiger partial charge in [0.15, 0.2) is 5.78 Å². The van der Waals surface area contributed by atoms with Crippen molar-refractivity contribution in [2.45, 2.75) is 13.0 Å². The minimum absolute atomic E-state index is 0.0781. The summed E-state index contributed by atoms with van der Waals surface area (Å²) in [5, 5.41) is 9.98. The highest BCUT2D eigenvalue weighted by atomic mass is 16.5. The van der Waals surface area contributed by atoms with Gasteiger partial charge in [0.1, 0.15) is 0 Å². The molecule has 1 unspecified atom stereocenters. The van der Waals surface area contributed by atoms with Crippen molar-refractivity contribution < 1.29 is 10.0 Å². The quantitative estimate of drug-likeness (QED) is 0.565. The first-order valence-electron chi connectivity index (χ1n) is 4.14. The highest BCUT2D eigenvalue weighted by molar-refractivity contribution is 5.99. The Morgan fingerprint density at radius 2 is 1.92 bits per heavy atom. The molecule has 13 heavy (non-hydrogen) atoms. The number of rotatable bonds is 3. The smallest absolute Gasteiger partial charge is 0.182 e. The summed E-state index contributed by atoms with van der Waals surface area (Å²) < 4.78 is 0. The van der Waals surface area contributed by atoms with E-state index in [1.807, 2.05) is 6.07 Å². The van der Waals surface area contributed by atoms with Gasteiger partial charge in [-0.1, -0.05) is 30.3 Å². The van der Waals surface area contributed by atoms with Crippen molar-refractivity contribution in [1.29, 1.82) is 0 Å². The van der Waals surface area contributed by atoms with E-state index in [0.29, 0.717) is 5.56 Å². The molecule has 1 atom stereocenters. The summed E-state index contributed by atoms with van der Waals surface area (Å²) in [6, 6.07) is 8.44. The second kappa shape index (κ2) is 4.16. The minimum Gasteiger partial charge on any atom is -0.314 e. The fraction of sp³-hybridized carbons (Fsp3) is 0.300. The highest BCUT2D eigenvalue weighted by Gasteiger charge is 2.17. The fourth-order valence-corrected chi connectivity index (χ4v) is 1.01. The van der Waals surface area contributed by atoms with E-state index in [9.17, 15) is 4.79 Å². The van der Waals surface area contributed by atoms with E-state index >= 15 is 0 Å². The monoisotopic (exact) mass is 179 g/mol. The molecule has 70 valence electrons. The fourth-order valence-electron chi connectivity index (χ4n) is 1.01. The number of hydroxylamine groups is 2. The van der Waals surface area contributed by atoms with Gasteiger partial charge >= 0.3 is 0 Å². The van der Waals surface area contributed by atoms with Crippen molar-refractivity contribution in [1.82, 2.24) is 5.06 Å². The number of nitrogens with zero attached hydrogens (tertiary/aromatic N) is 1. The van der Waals surface area contributed by atoms with E-state index in [1.54, 1.807) is 31.2 Å². The van der Waals surface area contributed by atoms with Crippen LogP contribution in [0.4, 0.5) is 0 Å². The van der Waals surface area contributed by atoms with Crippen LogP contribution in [0.2, 0.25) is 0 Å². The van der Waals surface area contributed by atoms with Gasteiger partial charge in [-0.25, -0.2) is 0 Å². The molecular weight excluding hydrogens is 166 g/mol. The number of ketones is 1. The summed E-state index contributed by atoms with van der Waals surface area (Å²) in [5.41, 5.74) is 0.621. The molecule has 1 N–H and O–H groups in total. The van der Waals surface area contributed by atoms with Crippen LogP contribution in [-0.4, -0.2) is 29.1 Å². The Labute approximate surface area is 77.6 Å². The topological polar surface area (TPSA) is 40.5 Å². The number of carbonyl (C=O) groups excluding carboxylic acids is 1. The van der Waals surface area contributed by atoms with E-state index in [1.165, 1.54) is 7.05 Å². The van der Waals surface area contributed by atoms with Crippen molar-refractivity contribution in [2.75, 3.05) is 7.05 Å². The molecule has 0 aliphatic carbocycles. The molecule has 0 saturated carbocycles. The molecule has 0 radical (unpaired) electrons. The first kappa shape index (κ1) is 9.89. The Morgan fingerprint density at radius 3 is 2.38 bits per heavy atom. The van der Waals surface area contributed by atoms with Crippen LogP contribution in [0.1, 0.15) is 17.3 Å². The maximum absolute atomic E-state index is 11.6. The molecule has 0 aliphatic rings. The predicted molar refractivity (Wildman–Crippen MR) is 49.8 cm³/mol. The van der Waals surface area contributed by atoms with Gasteiger partial charge in [-0.15, -0.1) is 0 Å². The Kier molecular flexibility index (Phi) is 3.17. The van der Waals surface area contributed by atoms with Crippen LogP contribution in [0.15, 0.2) is 30.3 Å². The lowest BCUT2D eigenvalue weighted by Crippen LogP contribution is -2.33. The Balaban J connectivity index is 2.80. The molecule has 3 heteroatoms. The van der Waals surface area contributed by atoms with Crippen LogP contribution in [0, 0.1) is 0 Å². The lowest BCUT2D eigenvalue weighted by molar-refractivity contribution is -0.0849. The van der Waals surface area contributed by atoms with Crippen molar-refractivity contribution in [3.8, 4) is 0 Å². The van der Waals surface area contributed by atoms with Gasteiger partial charge in [0, 0.05) is 12.6 Å². The molecule has 0 amide bonds.